The van der Waals surface area contributed by atoms with Crippen LogP contribution in [0.4, 0.5) is 0 Å². The lowest BCUT2D eigenvalue weighted by atomic mass is 9.89. The molecule has 1 N–H and O–H groups in total. The third-order valence-electron chi connectivity index (χ3n) is 4.82. The number of aliphatic hydroxyl groups is 1. The van der Waals surface area contributed by atoms with Gasteiger partial charge in [0.1, 0.15) is 24.6 Å². The second-order valence-corrected chi connectivity index (χ2v) is 8.53. The van der Waals surface area contributed by atoms with Crippen molar-refractivity contribution in [1.29, 1.82) is 0 Å². The van der Waals surface area contributed by atoms with E-state index in [0.717, 1.165) is 10.2 Å². The summed E-state index contributed by atoms with van der Waals surface area (Å²) in [6.07, 6.45) is 7.22. The lowest BCUT2D eigenvalue weighted by Crippen LogP contribution is -2.36. The van der Waals surface area contributed by atoms with Crippen LogP contribution >= 0.6 is 34.8 Å². The van der Waals surface area contributed by atoms with Crippen molar-refractivity contribution >= 4 is 52.9 Å². The van der Waals surface area contributed by atoms with Gasteiger partial charge in [-0.05, 0) is 35.9 Å². The van der Waals surface area contributed by atoms with Crippen molar-refractivity contribution in [2.24, 2.45) is 0 Å². The summed E-state index contributed by atoms with van der Waals surface area (Å²) in [4.78, 5) is 20.7. The Balaban J connectivity index is 1.60. The monoisotopic (exact) mass is 502 g/mol. The summed E-state index contributed by atoms with van der Waals surface area (Å²) in [6.45, 7) is -0.0867. The highest BCUT2D eigenvalue weighted by Crippen LogP contribution is 2.34. The number of nitrogens with zero attached hydrogens (tertiary/aromatic N) is 6. The number of hydrogen-bond acceptors (Lipinski definition) is 6. The fourth-order valence-corrected chi connectivity index (χ4v) is 3.96. The van der Waals surface area contributed by atoms with Crippen LogP contribution in [0.25, 0.3) is 12.2 Å². The van der Waals surface area contributed by atoms with Gasteiger partial charge < -0.3 is 5.11 Å². The van der Waals surface area contributed by atoms with Gasteiger partial charge in [-0.3, -0.25) is 4.79 Å². The first-order valence-electron chi connectivity index (χ1n) is 9.71. The first-order chi connectivity index (χ1) is 15.8. The minimum Gasteiger partial charge on any atom is -0.383 e. The Bertz CT molecular complexity index is 1290. The standard InChI is InChI=1S/C22H17Cl3N6O2/c23-16-4-1-15(2-5-16)3-8-20-27-14-30(29-20)11-22(33,10-21(32)31-13-26-12-28-31)18-7-6-17(24)9-19(18)25/h1-9,12-14,33H,10-11H2. The Kier molecular flexibility index (Phi) is 6.90. The predicted molar refractivity (Wildman–Crippen MR) is 126 cm³/mol. The van der Waals surface area contributed by atoms with Crippen LogP contribution in [0.2, 0.25) is 15.1 Å². The van der Waals surface area contributed by atoms with E-state index in [2.05, 4.69) is 20.2 Å². The van der Waals surface area contributed by atoms with E-state index in [-0.39, 0.29) is 18.0 Å². The van der Waals surface area contributed by atoms with Crippen molar-refractivity contribution in [3.8, 4) is 0 Å². The molecular formula is C22H17Cl3N6O2. The van der Waals surface area contributed by atoms with E-state index in [1.165, 1.54) is 29.7 Å². The van der Waals surface area contributed by atoms with Crippen LogP contribution in [-0.4, -0.2) is 40.5 Å². The van der Waals surface area contributed by atoms with E-state index in [1.807, 2.05) is 18.2 Å². The number of halogens is 3. The van der Waals surface area contributed by atoms with E-state index >= 15 is 0 Å². The van der Waals surface area contributed by atoms with E-state index in [9.17, 15) is 9.90 Å². The zero-order chi connectivity index (χ0) is 23.4. The molecule has 0 radical (unpaired) electrons. The molecule has 2 aromatic heterocycles. The maximum atomic E-state index is 12.7. The molecule has 0 saturated carbocycles. The van der Waals surface area contributed by atoms with Crippen LogP contribution in [0.3, 0.4) is 0 Å². The number of carbonyl (C=O) groups is 1. The van der Waals surface area contributed by atoms with Crippen LogP contribution in [0.5, 0.6) is 0 Å². The number of benzene rings is 2. The van der Waals surface area contributed by atoms with Crippen molar-refractivity contribution < 1.29 is 9.90 Å². The molecule has 0 bridgehead atoms. The normalized spacial score (nSPS) is 13.3. The predicted octanol–water partition coefficient (Wildman–Crippen LogP) is 4.62. The largest absolute Gasteiger partial charge is 0.383 e. The molecule has 4 aromatic rings. The topological polar surface area (TPSA) is 98.7 Å². The fourth-order valence-electron chi connectivity index (χ4n) is 3.25. The van der Waals surface area contributed by atoms with Gasteiger partial charge in [-0.25, -0.2) is 14.6 Å². The first-order valence-corrected chi connectivity index (χ1v) is 10.8. The van der Waals surface area contributed by atoms with Crippen molar-refractivity contribution in [2.45, 2.75) is 18.6 Å². The molecule has 11 heteroatoms. The average Bonchev–Trinajstić information content (AvgIpc) is 3.45. The van der Waals surface area contributed by atoms with Crippen LogP contribution in [0, 0.1) is 0 Å². The van der Waals surface area contributed by atoms with Gasteiger partial charge in [0.15, 0.2) is 5.82 Å². The Morgan fingerprint density at radius 2 is 1.79 bits per heavy atom. The van der Waals surface area contributed by atoms with Gasteiger partial charge in [-0.1, -0.05) is 59.1 Å². The highest BCUT2D eigenvalue weighted by atomic mass is 35.5. The van der Waals surface area contributed by atoms with Gasteiger partial charge in [0.2, 0.25) is 0 Å². The molecule has 168 valence electrons. The number of rotatable bonds is 7. The zero-order valence-electron chi connectivity index (χ0n) is 17.0. The minimum atomic E-state index is -1.71. The van der Waals surface area contributed by atoms with Crippen molar-refractivity contribution in [3.63, 3.8) is 0 Å². The summed E-state index contributed by atoms with van der Waals surface area (Å²) < 4.78 is 2.50. The third kappa shape index (κ3) is 5.66. The fraction of sp³-hybridized carbons (Fsp3) is 0.136. The van der Waals surface area contributed by atoms with Gasteiger partial charge in [0.25, 0.3) is 5.91 Å². The molecule has 0 spiro atoms. The lowest BCUT2D eigenvalue weighted by molar-refractivity contribution is 0.00593. The average molecular weight is 504 g/mol. The van der Waals surface area contributed by atoms with Gasteiger partial charge in [0.05, 0.1) is 13.0 Å². The Morgan fingerprint density at radius 3 is 2.48 bits per heavy atom. The van der Waals surface area contributed by atoms with Crippen molar-refractivity contribution in [3.05, 3.63) is 93.5 Å². The summed E-state index contributed by atoms with van der Waals surface area (Å²) in [5.74, 6) is -0.0407. The molecule has 0 fully saturated rings. The van der Waals surface area contributed by atoms with Crippen LogP contribution in [0.15, 0.2) is 61.4 Å². The molecule has 33 heavy (non-hydrogen) atoms. The second-order valence-electron chi connectivity index (χ2n) is 7.25. The lowest BCUT2D eigenvalue weighted by Gasteiger charge is -2.28. The summed E-state index contributed by atoms with van der Waals surface area (Å²) >= 11 is 18.3. The molecular weight excluding hydrogens is 487 g/mol. The summed E-state index contributed by atoms with van der Waals surface area (Å²) in [6, 6.07) is 12.0. The molecule has 0 aliphatic carbocycles. The summed E-state index contributed by atoms with van der Waals surface area (Å²) in [7, 11) is 0. The number of hydrogen-bond donors (Lipinski definition) is 1. The molecule has 0 aliphatic rings. The molecule has 2 aromatic carbocycles. The third-order valence-corrected chi connectivity index (χ3v) is 5.62. The van der Waals surface area contributed by atoms with Gasteiger partial charge >= 0.3 is 0 Å². The van der Waals surface area contributed by atoms with E-state index < -0.39 is 11.5 Å². The van der Waals surface area contributed by atoms with Crippen molar-refractivity contribution in [1.82, 2.24) is 29.5 Å². The molecule has 2 heterocycles. The first kappa shape index (κ1) is 23.1. The zero-order valence-corrected chi connectivity index (χ0v) is 19.3. The minimum absolute atomic E-state index is 0.0867. The highest BCUT2D eigenvalue weighted by molar-refractivity contribution is 6.35. The Morgan fingerprint density at radius 1 is 1.03 bits per heavy atom. The van der Waals surface area contributed by atoms with Gasteiger partial charge in [-0.15, -0.1) is 0 Å². The van der Waals surface area contributed by atoms with E-state index in [4.69, 9.17) is 34.8 Å². The van der Waals surface area contributed by atoms with E-state index in [1.54, 1.807) is 30.3 Å². The highest BCUT2D eigenvalue weighted by Gasteiger charge is 2.36. The smallest absolute Gasteiger partial charge is 0.251 e. The second kappa shape index (κ2) is 9.84. The van der Waals surface area contributed by atoms with Crippen molar-refractivity contribution in [2.75, 3.05) is 0 Å². The quantitative estimate of drug-likeness (QED) is 0.395. The molecule has 4 rings (SSSR count). The van der Waals surface area contributed by atoms with Crippen LogP contribution in [-0.2, 0) is 12.1 Å². The molecule has 8 nitrogen and oxygen atoms in total. The maximum absolute atomic E-state index is 12.7. The summed E-state index contributed by atoms with van der Waals surface area (Å²) in [5.41, 5.74) is -0.454. The van der Waals surface area contributed by atoms with Crippen LogP contribution in [0.1, 0.15) is 28.2 Å². The maximum Gasteiger partial charge on any atom is 0.251 e. The molecule has 0 amide bonds. The van der Waals surface area contributed by atoms with Crippen LogP contribution < -0.4 is 0 Å². The Hall–Kier alpha value is -3.04. The molecule has 1 atom stereocenters. The van der Waals surface area contributed by atoms with Gasteiger partial charge in [0, 0.05) is 20.6 Å². The molecule has 0 aliphatic heterocycles. The van der Waals surface area contributed by atoms with E-state index in [0.29, 0.717) is 21.4 Å². The molecule has 0 saturated heterocycles. The van der Waals surface area contributed by atoms with Gasteiger partial charge in [-0.2, -0.15) is 14.9 Å². The Labute approximate surface area is 204 Å². The summed E-state index contributed by atoms with van der Waals surface area (Å²) in [5, 5.41) is 21.1. The molecule has 1 unspecified atom stereocenters. The SMILES string of the molecule is O=C(CC(O)(Cn1cnc(C=Cc2ccc(Cl)cc2)n1)c1ccc(Cl)cc1Cl)n1cncn1. The number of carbonyl (C=O) groups excluding carboxylic acids is 1. The number of aromatic nitrogens is 6.